The fourth-order valence-corrected chi connectivity index (χ4v) is 5.75. The van der Waals surface area contributed by atoms with E-state index in [-0.39, 0.29) is 5.56 Å². The molecule has 32 heavy (non-hydrogen) atoms. The van der Waals surface area contributed by atoms with E-state index in [9.17, 15) is 4.79 Å². The summed E-state index contributed by atoms with van der Waals surface area (Å²) in [5, 5.41) is 0.678. The third-order valence-corrected chi connectivity index (χ3v) is 7.51. The number of benzene rings is 1. The van der Waals surface area contributed by atoms with Crippen LogP contribution in [0.2, 0.25) is 0 Å². The van der Waals surface area contributed by atoms with Crippen molar-refractivity contribution in [2.24, 2.45) is 0 Å². The van der Waals surface area contributed by atoms with Gasteiger partial charge in [-0.15, -0.1) is 0 Å². The van der Waals surface area contributed by atoms with Gasteiger partial charge in [0.05, 0.1) is 17.9 Å². The Balaban J connectivity index is 1.50. The summed E-state index contributed by atoms with van der Waals surface area (Å²) >= 11 is 1.34. The van der Waals surface area contributed by atoms with Crippen LogP contribution in [0.5, 0.6) is 5.75 Å². The molecule has 1 saturated carbocycles. The fourth-order valence-electron chi connectivity index (χ4n) is 4.91. The van der Waals surface area contributed by atoms with Gasteiger partial charge in [0.25, 0.3) is 5.56 Å². The van der Waals surface area contributed by atoms with Gasteiger partial charge in [0, 0.05) is 43.9 Å². The van der Waals surface area contributed by atoms with Crippen LogP contribution in [0.3, 0.4) is 0 Å². The van der Waals surface area contributed by atoms with Gasteiger partial charge < -0.3 is 19.5 Å². The summed E-state index contributed by atoms with van der Waals surface area (Å²) < 4.78 is 10.7. The summed E-state index contributed by atoms with van der Waals surface area (Å²) in [6, 6.07) is 6.20. The number of rotatable bonds is 5. The summed E-state index contributed by atoms with van der Waals surface area (Å²) in [6.45, 7) is 6.61. The van der Waals surface area contributed by atoms with Crippen LogP contribution >= 0.6 is 11.5 Å². The second-order valence-electron chi connectivity index (χ2n) is 8.90. The van der Waals surface area contributed by atoms with Crippen molar-refractivity contribution < 1.29 is 4.74 Å². The lowest BCUT2D eigenvalue weighted by atomic mass is 9.86. The molecule has 3 aromatic rings. The Labute approximate surface area is 192 Å². The van der Waals surface area contributed by atoms with Crippen LogP contribution in [0.25, 0.3) is 21.6 Å². The Kier molecular flexibility index (Phi) is 6.15. The summed E-state index contributed by atoms with van der Waals surface area (Å²) in [4.78, 5) is 26.4. The minimum Gasteiger partial charge on any atom is -0.493 e. The number of aromatic amines is 1. The maximum Gasteiger partial charge on any atom is 0.261 e. The highest BCUT2D eigenvalue weighted by atomic mass is 32.1. The molecule has 0 bridgehead atoms. The number of ether oxygens (including phenoxy) is 1. The standard InChI is InChI=1S/C24H31N5O2S/c1-3-31-19-15-17(29-13-11-28(2)12-14-29)9-10-18(19)22-25-23(30)20-21(27-32-24(20)26-22)16-7-5-4-6-8-16/h9-10,15-16H,3-8,11-14H2,1-2H3,(H,25,26,30). The second kappa shape index (κ2) is 9.19. The molecular weight excluding hydrogens is 422 g/mol. The molecule has 1 aliphatic heterocycles. The van der Waals surface area contributed by atoms with Crippen molar-refractivity contribution >= 4 is 27.4 Å². The Hall–Kier alpha value is -2.45. The first-order chi connectivity index (χ1) is 15.6. The fraction of sp³-hybridized carbons (Fsp3) is 0.542. The van der Waals surface area contributed by atoms with E-state index >= 15 is 0 Å². The van der Waals surface area contributed by atoms with Crippen LogP contribution in [0, 0.1) is 0 Å². The van der Waals surface area contributed by atoms with E-state index in [0.29, 0.717) is 23.7 Å². The molecule has 3 heterocycles. The van der Waals surface area contributed by atoms with Crippen molar-refractivity contribution in [3.8, 4) is 17.1 Å². The maximum atomic E-state index is 13.1. The number of H-pyrrole nitrogens is 1. The highest BCUT2D eigenvalue weighted by Gasteiger charge is 2.24. The number of anilines is 1. The van der Waals surface area contributed by atoms with Crippen LogP contribution in [-0.2, 0) is 0 Å². The van der Waals surface area contributed by atoms with Gasteiger partial charge in [0.15, 0.2) is 4.83 Å². The molecule has 1 aliphatic carbocycles. The van der Waals surface area contributed by atoms with Crippen LogP contribution < -0.4 is 15.2 Å². The first kappa shape index (κ1) is 21.4. The van der Waals surface area contributed by atoms with E-state index in [1.54, 1.807) is 0 Å². The Morgan fingerprint density at radius 2 is 1.94 bits per heavy atom. The van der Waals surface area contributed by atoms with Crippen molar-refractivity contribution in [2.75, 3.05) is 44.7 Å². The first-order valence-corrected chi connectivity index (χ1v) is 12.5. The largest absolute Gasteiger partial charge is 0.493 e. The van der Waals surface area contributed by atoms with Crippen molar-refractivity contribution in [3.63, 3.8) is 0 Å². The zero-order valence-electron chi connectivity index (χ0n) is 18.9. The molecule has 0 atom stereocenters. The van der Waals surface area contributed by atoms with Crippen LogP contribution in [-0.4, -0.2) is 59.1 Å². The van der Waals surface area contributed by atoms with Gasteiger partial charge in [-0.2, -0.15) is 4.37 Å². The minimum absolute atomic E-state index is 0.0927. The number of fused-ring (bicyclic) bond motifs is 1. The van der Waals surface area contributed by atoms with E-state index in [1.165, 1.54) is 30.8 Å². The molecule has 2 aromatic heterocycles. The molecule has 1 saturated heterocycles. The monoisotopic (exact) mass is 453 g/mol. The maximum absolute atomic E-state index is 13.1. The number of nitrogens with zero attached hydrogens (tertiary/aromatic N) is 4. The molecule has 2 aliphatic rings. The van der Waals surface area contributed by atoms with E-state index in [4.69, 9.17) is 9.72 Å². The highest BCUT2D eigenvalue weighted by molar-refractivity contribution is 7.12. The number of hydrogen-bond donors (Lipinski definition) is 1. The molecule has 0 unspecified atom stereocenters. The van der Waals surface area contributed by atoms with Gasteiger partial charge in [0.1, 0.15) is 17.0 Å². The number of nitrogens with one attached hydrogen (secondary N) is 1. The van der Waals surface area contributed by atoms with E-state index in [0.717, 1.165) is 66.5 Å². The molecule has 5 rings (SSSR count). The number of aromatic nitrogens is 3. The van der Waals surface area contributed by atoms with Gasteiger partial charge in [-0.05, 0) is 50.5 Å². The molecule has 1 aromatic carbocycles. The predicted octanol–water partition coefficient (Wildman–Crippen LogP) is 4.24. The normalized spacial score (nSPS) is 18.4. The molecule has 0 spiro atoms. The number of piperazine rings is 1. The molecule has 0 radical (unpaired) electrons. The van der Waals surface area contributed by atoms with Gasteiger partial charge in [-0.25, -0.2) is 4.98 Å². The summed E-state index contributed by atoms with van der Waals surface area (Å²) in [6.07, 6.45) is 5.93. The Morgan fingerprint density at radius 1 is 1.16 bits per heavy atom. The first-order valence-electron chi connectivity index (χ1n) is 11.7. The Bertz CT molecular complexity index is 1140. The topological polar surface area (TPSA) is 74.3 Å². The SMILES string of the molecule is CCOc1cc(N2CCN(C)CC2)ccc1-c1nc2snc(C3CCCCC3)c2c(=O)[nH]1. The van der Waals surface area contributed by atoms with Crippen molar-refractivity contribution in [1.82, 2.24) is 19.2 Å². The third kappa shape index (κ3) is 4.13. The highest BCUT2D eigenvalue weighted by Crippen LogP contribution is 2.37. The van der Waals surface area contributed by atoms with Gasteiger partial charge >= 0.3 is 0 Å². The molecule has 2 fully saturated rings. The molecule has 170 valence electrons. The number of likely N-dealkylation sites (N-methyl/N-ethyl adjacent to an activating group) is 1. The lowest BCUT2D eigenvalue weighted by Crippen LogP contribution is -2.44. The van der Waals surface area contributed by atoms with Crippen LogP contribution in [0.15, 0.2) is 23.0 Å². The quantitative estimate of drug-likeness (QED) is 0.623. The minimum atomic E-state index is -0.0927. The average molecular weight is 454 g/mol. The van der Waals surface area contributed by atoms with Crippen LogP contribution in [0.1, 0.15) is 50.6 Å². The Morgan fingerprint density at radius 3 is 2.69 bits per heavy atom. The van der Waals surface area contributed by atoms with Crippen LogP contribution in [0.4, 0.5) is 5.69 Å². The van der Waals surface area contributed by atoms with Gasteiger partial charge in [-0.1, -0.05) is 19.3 Å². The van der Waals surface area contributed by atoms with Crippen molar-refractivity contribution in [2.45, 2.75) is 44.9 Å². The van der Waals surface area contributed by atoms with Gasteiger partial charge in [0.2, 0.25) is 0 Å². The zero-order chi connectivity index (χ0) is 22.1. The lowest BCUT2D eigenvalue weighted by Gasteiger charge is -2.34. The molecule has 8 heteroatoms. The molecule has 1 N–H and O–H groups in total. The predicted molar refractivity (Wildman–Crippen MR) is 130 cm³/mol. The summed E-state index contributed by atoms with van der Waals surface area (Å²) in [7, 11) is 2.16. The van der Waals surface area contributed by atoms with E-state index in [2.05, 4.69) is 38.3 Å². The number of hydrogen-bond acceptors (Lipinski definition) is 7. The van der Waals surface area contributed by atoms with E-state index in [1.807, 2.05) is 13.0 Å². The zero-order valence-corrected chi connectivity index (χ0v) is 19.7. The average Bonchev–Trinajstić information content (AvgIpc) is 3.25. The van der Waals surface area contributed by atoms with Gasteiger partial charge in [-0.3, -0.25) is 4.79 Å². The molecule has 0 amide bonds. The van der Waals surface area contributed by atoms with Crippen molar-refractivity contribution in [3.05, 3.63) is 34.2 Å². The van der Waals surface area contributed by atoms with Crippen molar-refractivity contribution in [1.29, 1.82) is 0 Å². The van der Waals surface area contributed by atoms with E-state index < -0.39 is 0 Å². The smallest absolute Gasteiger partial charge is 0.261 e. The molecular formula is C24H31N5O2S. The third-order valence-electron chi connectivity index (χ3n) is 6.75. The lowest BCUT2D eigenvalue weighted by molar-refractivity contribution is 0.312. The molecule has 7 nitrogen and oxygen atoms in total. The second-order valence-corrected chi connectivity index (χ2v) is 9.65. The summed E-state index contributed by atoms with van der Waals surface area (Å²) in [5.41, 5.74) is 2.81. The summed E-state index contributed by atoms with van der Waals surface area (Å²) in [5.74, 6) is 1.69.